The molecular formula is C48H48F3N9O12. The van der Waals surface area contributed by atoms with Gasteiger partial charge in [-0.25, -0.2) is 0 Å². The van der Waals surface area contributed by atoms with Crippen LogP contribution in [0.4, 0.5) is 30.2 Å². The predicted octanol–water partition coefficient (Wildman–Crippen LogP) is 4.86. The van der Waals surface area contributed by atoms with Crippen LogP contribution >= 0.6 is 0 Å². The number of nitrogen functional groups attached to an aromatic ring is 1. The smallest absolute Gasteiger partial charge is 0.416 e. The van der Waals surface area contributed by atoms with Gasteiger partial charge in [-0.15, -0.1) is 0 Å². The maximum atomic E-state index is 12.8. The maximum Gasteiger partial charge on any atom is 0.416 e. The van der Waals surface area contributed by atoms with Crippen LogP contribution in [0.5, 0.6) is 17.2 Å². The zero-order chi connectivity index (χ0) is 53.5. The Kier molecular flexibility index (Phi) is 16.4. The number of nitrogens with one attached hydrogen (secondary N) is 1. The van der Waals surface area contributed by atoms with Crippen LogP contribution in [-0.4, -0.2) is 63.6 Å². The van der Waals surface area contributed by atoms with Crippen molar-refractivity contribution in [3.63, 3.8) is 0 Å². The van der Waals surface area contributed by atoms with E-state index >= 15 is 0 Å². The van der Waals surface area contributed by atoms with Crippen LogP contribution in [0.25, 0.3) is 32.3 Å². The molecule has 0 aliphatic rings. The summed E-state index contributed by atoms with van der Waals surface area (Å²) in [5, 5.41) is 15.7. The minimum Gasteiger partial charge on any atom is -0.495 e. The second-order valence-electron chi connectivity index (χ2n) is 15.8. The zero-order valence-corrected chi connectivity index (χ0v) is 39.3. The number of hydrogen-bond acceptors (Lipinski definition) is 13. The Morgan fingerprint density at radius 2 is 0.986 bits per heavy atom. The summed E-state index contributed by atoms with van der Waals surface area (Å²) in [6, 6.07) is 15.5. The number of nitro groups is 1. The summed E-state index contributed by atoms with van der Waals surface area (Å²) in [5.74, 6) is -1.56. The Labute approximate surface area is 405 Å². The minimum absolute atomic E-state index is 0.0626. The number of nitrogens with two attached hydrogens (primary N) is 4. The molecule has 378 valence electrons. The molecule has 4 aromatic carbocycles. The van der Waals surface area contributed by atoms with Crippen molar-refractivity contribution in [2.75, 3.05) is 32.4 Å². The Balaban J connectivity index is 0.000000210. The van der Waals surface area contributed by atoms with Gasteiger partial charge in [-0.1, -0.05) is 12.1 Å². The minimum atomic E-state index is -4.46. The number of primary amides is 3. The van der Waals surface area contributed by atoms with E-state index in [1.54, 1.807) is 31.2 Å². The van der Waals surface area contributed by atoms with Gasteiger partial charge < -0.3 is 56.2 Å². The molecule has 0 aliphatic carbocycles. The molecule has 3 aromatic heterocycles. The standard InChI is InChI=1S/C22H20F3N3O4.C13H13N3O5.C13H15N3O3/c1-12(20(26)30)28-10-9-15-16(21(28)31)7-8-17(32-2)19(15)27-18(29)11-13-3-5-14(6-4-13)22(23,24)25;1-7(12(14)17)15-6-5-8-9(13(15)18)3-4-10(21-2)11(8)16(19)20;1-7(12(15)17)16-6-5-8-9(13(16)18)3-4-10(19-2)11(8)14/h3-10,12H,11H2,1-2H3,(H2,26,30)(H,27,29);3-7H,1-2H3,(H2,14,17);3-7H,14H2,1-2H3,(H2,15,17)/t12-;2*7-/m111/s1. The van der Waals surface area contributed by atoms with E-state index in [2.05, 4.69) is 5.32 Å². The molecule has 0 spiro atoms. The molecule has 0 fully saturated rings. The molecule has 0 aliphatic heterocycles. The molecule has 0 radical (unpaired) electrons. The molecular weight excluding hydrogens is 952 g/mol. The fourth-order valence-electron chi connectivity index (χ4n) is 7.31. The fraction of sp³-hybridized carbons (Fsp3) is 0.229. The van der Waals surface area contributed by atoms with E-state index in [0.717, 1.165) is 16.7 Å². The number of carbonyl (C=O) groups excluding carboxylic acids is 4. The molecule has 4 amide bonds. The van der Waals surface area contributed by atoms with Gasteiger partial charge in [0, 0.05) is 40.1 Å². The van der Waals surface area contributed by atoms with Gasteiger partial charge in [0.15, 0.2) is 5.75 Å². The molecule has 3 heterocycles. The summed E-state index contributed by atoms with van der Waals surface area (Å²) in [6.45, 7) is 4.54. The second-order valence-corrected chi connectivity index (χ2v) is 15.8. The number of rotatable bonds is 13. The lowest BCUT2D eigenvalue weighted by Gasteiger charge is -2.16. The number of hydrogen-bond donors (Lipinski definition) is 5. The van der Waals surface area contributed by atoms with Gasteiger partial charge in [-0.05, 0) is 93.1 Å². The molecule has 0 unspecified atom stereocenters. The van der Waals surface area contributed by atoms with Crippen LogP contribution in [-0.2, 0) is 31.8 Å². The number of anilines is 2. The lowest BCUT2D eigenvalue weighted by Crippen LogP contribution is -2.31. The first-order valence-electron chi connectivity index (χ1n) is 21.3. The number of aromatic nitrogens is 3. The number of pyridine rings is 3. The highest BCUT2D eigenvalue weighted by Gasteiger charge is 2.30. The summed E-state index contributed by atoms with van der Waals surface area (Å²) in [5.41, 5.74) is 20.2. The zero-order valence-electron chi connectivity index (χ0n) is 39.3. The number of methoxy groups -OCH3 is 3. The Morgan fingerprint density at radius 3 is 1.40 bits per heavy atom. The average molecular weight is 1000 g/mol. The lowest BCUT2D eigenvalue weighted by atomic mass is 10.1. The average Bonchev–Trinajstić information content (AvgIpc) is 3.33. The third-order valence-electron chi connectivity index (χ3n) is 11.5. The van der Waals surface area contributed by atoms with E-state index in [-0.39, 0.29) is 45.3 Å². The first-order valence-corrected chi connectivity index (χ1v) is 21.3. The van der Waals surface area contributed by atoms with Crippen molar-refractivity contribution in [2.45, 2.75) is 51.5 Å². The molecule has 72 heavy (non-hydrogen) atoms. The molecule has 24 heteroatoms. The SMILES string of the molecule is COc1ccc2c(=O)n([C@H](C)C(N)=O)ccc2c1N.COc1ccc2c(=O)n([C@H](C)C(N)=O)ccc2c1NC(=O)Cc1ccc(C(F)(F)F)cc1.COc1ccc2c(=O)n([C@H](C)C(N)=O)ccc2c1[N+](=O)[O-]. The molecule has 0 saturated carbocycles. The lowest BCUT2D eigenvalue weighted by molar-refractivity contribution is -0.383. The largest absolute Gasteiger partial charge is 0.495 e. The monoisotopic (exact) mass is 999 g/mol. The third kappa shape index (κ3) is 11.3. The number of ether oxygens (including phenoxy) is 3. The number of nitrogens with zero attached hydrogens (tertiary/aromatic N) is 4. The van der Waals surface area contributed by atoms with Crippen LogP contribution < -0.4 is 59.1 Å². The fourth-order valence-corrected chi connectivity index (χ4v) is 7.31. The number of nitro benzene ring substituents is 1. The molecule has 3 atom stereocenters. The summed E-state index contributed by atoms with van der Waals surface area (Å²) in [7, 11) is 4.21. The highest BCUT2D eigenvalue weighted by Crippen LogP contribution is 2.35. The summed E-state index contributed by atoms with van der Waals surface area (Å²) in [4.78, 5) is 94.5. The number of benzene rings is 4. The number of alkyl halides is 3. The van der Waals surface area contributed by atoms with Crippen LogP contribution in [0.3, 0.4) is 0 Å². The Hall–Kier alpha value is -9.22. The number of amides is 4. The molecule has 9 N–H and O–H groups in total. The van der Waals surface area contributed by atoms with Crippen molar-refractivity contribution in [1.29, 1.82) is 0 Å². The van der Waals surface area contributed by atoms with Gasteiger partial charge in [0.1, 0.15) is 29.6 Å². The van der Waals surface area contributed by atoms with Crippen molar-refractivity contribution < 1.29 is 51.5 Å². The quantitative estimate of drug-likeness (QED) is 0.0586. The Bertz CT molecular complexity index is 3450. The summed E-state index contributed by atoms with van der Waals surface area (Å²) in [6.07, 6.45) is -0.434. The van der Waals surface area contributed by atoms with Crippen molar-refractivity contribution in [2.24, 2.45) is 17.2 Å². The maximum absolute atomic E-state index is 12.8. The molecule has 21 nitrogen and oxygen atoms in total. The van der Waals surface area contributed by atoms with Crippen molar-refractivity contribution in [3.8, 4) is 17.2 Å². The van der Waals surface area contributed by atoms with Gasteiger partial charge in [-0.2, -0.15) is 13.2 Å². The summed E-state index contributed by atoms with van der Waals surface area (Å²) < 4.78 is 57.1. The van der Waals surface area contributed by atoms with Crippen LogP contribution in [0.2, 0.25) is 0 Å². The summed E-state index contributed by atoms with van der Waals surface area (Å²) >= 11 is 0. The predicted molar refractivity (Wildman–Crippen MR) is 261 cm³/mol. The van der Waals surface area contributed by atoms with Crippen molar-refractivity contribution in [3.05, 3.63) is 150 Å². The first kappa shape index (κ1) is 53.7. The number of fused-ring (bicyclic) bond motifs is 3. The topological polar surface area (TPSA) is 321 Å². The van der Waals surface area contributed by atoms with Gasteiger partial charge in [0.2, 0.25) is 23.6 Å². The highest BCUT2D eigenvalue weighted by molar-refractivity contribution is 6.05. The van der Waals surface area contributed by atoms with Crippen molar-refractivity contribution in [1.82, 2.24) is 13.7 Å². The van der Waals surface area contributed by atoms with E-state index < -0.39 is 69.5 Å². The van der Waals surface area contributed by atoms with Gasteiger partial charge in [0.25, 0.3) is 16.7 Å². The normalized spacial score (nSPS) is 12.3. The van der Waals surface area contributed by atoms with Crippen molar-refractivity contribution >= 4 is 73.0 Å². The first-order chi connectivity index (χ1) is 33.9. The van der Waals surface area contributed by atoms with Gasteiger partial charge in [0.05, 0.1) is 60.4 Å². The van der Waals surface area contributed by atoms with Gasteiger partial charge >= 0.3 is 11.9 Å². The number of carbonyl (C=O) groups is 4. The van der Waals surface area contributed by atoms with Crippen LogP contribution in [0, 0.1) is 10.1 Å². The van der Waals surface area contributed by atoms with E-state index in [1.807, 2.05) is 0 Å². The molecule has 7 aromatic rings. The molecule has 0 saturated heterocycles. The van der Waals surface area contributed by atoms with E-state index in [0.29, 0.717) is 38.9 Å². The number of halogens is 3. The third-order valence-corrected chi connectivity index (χ3v) is 11.5. The Morgan fingerprint density at radius 1 is 0.597 bits per heavy atom. The van der Waals surface area contributed by atoms with E-state index in [4.69, 9.17) is 37.1 Å². The van der Waals surface area contributed by atoms with Crippen LogP contribution in [0.1, 0.15) is 50.0 Å². The highest BCUT2D eigenvalue weighted by atomic mass is 19.4. The molecule has 0 bridgehead atoms. The van der Waals surface area contributed by atoms with E-state index in [9.17, 15) is 56.8 Å². The van der Waals surface area contributed by atoms with E-state index in [1.165, 1.54) is 105 Å². The molecule has 7 rings (SSSR count). The van der Waals surface area contributed by atoms with Gasteiger partial charge in [-0.3, -0.25) is 43.7 Å². The second kappa shape index (κ2) is 22.0. The van der Waals surface area contributed by atoms with Crippen LogP contribution in [0.15, 0.2) is 112 Å².